The summed E-state index contributed by atoms with van der Waals surface area (Å²) in [6, 6.07) is 5.87. The highest BCUT2D eigenvalue weighted by atomic mass is 16.5. The Kier molecular flexibility index (Phi) is 9.67. The minimum Gasteiger partial charge on any atom is -0.493 e. The Hall–Kier alpha value is -2.91. The Morgan fingerprint density at radius 2 is 2.00 bits per heavy atom. The molecule has 1 amide bonds. The fraction of sp³-hybridized carbons (Fsp3) is 0.633. The van der Waals surface area contributed by atoms with E-state index in [1.54, 1.807) is 12.5 Å². The van der Waals surface area contributed by atoms with E-state index in [-0.39, 0.29) is 24.4 Å². The van der Waals surface area contributed by atoms with E-state index in [2.05, 4.69) is 44.0 Å². The zero-order chi connectivity index (χ0) is 28.0. The van der Waals surface area contributed by atoms with Crippen molar-refractivity contribution in [3.05, 3.63) is 48.0 Å². The number of carboxylic acid groups (broad SMARTS) is 1. The van der Waals surface area contributed by atoms with Gasteiger partial charge in [-0.2, -0.15) is 0 Å². The van der Waals surface area contributed by atoms with Gasteiger partial charge in [-0.15, -0.1) is 0 Å². The quantitative estimate of drug-likeness (QED) is 0.371. The van der Waals surface area contributed by atoms with Crippen LogP contribution in [0.5, 0.6) is 5.75 Å². The van der Waals surface area contributed by atoms with Crippen LogP contribution in [0.3, 0.4) is 0 Å². The molecule has 9 heteroatoms. The fourth-order valence-electron chi connectivity index (χ4n) is 6.05. The molecule has 1 aromatic carbocycles. The molecule has 2 aromatic rings. The molecule has 4 rings (SSSR count). The zero-order valence-electron chi connectivity index (χ0n) is 24.1. The average Bonchev–Trinajstić information content (AvgIpc) is 3.63. The summed E-state index contributed by atoms with van der Waals surface area (Å²) in [6.45, 7) is 6.75. The van der Waals surface area contributed by atoms with Gasteiger partial charge in [0.05, 0.1) is 53.1 Å². The van der Waals surface area contributed by atoms with Crippen LogP contribution in [0.2, 0.25) is 0 Å². The molecule has 1 saturated heterocycles. The third kappa shape index (κ3) is 7.60. The molecule has 0 saturated carbocycles. The van der Waals surface area contributed by atoms with E-state index in [4.69, 9.17) is 4.74 Å². The number of imidazole rings is 1. The van der Waals surface area contributed by atoms with Crippen molar-refractivity contribution in [3.63, 3.8) is 0 Å². The van der Waals surface area contributed by atoms with Gasteiger partial charge in [0.25, 0.3) is 0 Å². The number of aromatic nitrogens is 2. The highest BCUT2D eigenvalue weighted by molar-refractivity contribution is 5.79. The first-order chi connectivity index (χ1) is 18.7. The summed E-state index contributed by atoms with van der Waals surface area (Å²) in [4.78, 5) is 34.8. The van der Waals surface area contributed by atoms with Gasteiger partial charge in [0.1, 0.15) is 5.75 Å². The standard InChI is InChI=1S/C30H45N5O4/c1-5-6-13-33(14-7-17-35(2,3)4)28(36)21-34-20-25(23-8-9-27-24(19-23)11-18-39-27)29(30(37)38)26(34)10-15-32-16-12-31-22-32/h8-9,12,16,19,22,25-26,29H,5-7,10-11,13-15,17-18,20-21H2,1-4H3/p+1/t25-,26+,29-/m1/s1. The first-order valence-electron chi connectivity index (χ1n) is 14.4. The molecule has 1 N–H and O–H groups in total. The molecule has 3 heterocycles. The first kappa shape index (κ1) is 29.1. The van der Waals surface area contributed by atoms with Crippen molar-refractivity contribution in [2.24, 2.45) is 5.92 Å². The van der Waals surface area contributed by atoms with Crippen LogP contribution in [-0.2, 0) is 22.6 Å². The topological polar surface area (TPSA) is 87.9 Å². The van der Waals surface area contributed by atoms with Crippen LogP contribution in [0.25, 0.3) is 0 Å². The lowest BCUT2D eigenvalue weighted by atomic mass is 9.83. The van der Waals surface area contributed by atoms with Crippen LogP contribution in [0, 0.1) is 5.92 Å². The molecular formula is C30H46N5O4+. The van der Waals surface area contributed by atoms with Crippen molar-refractivity contribution in [2.45, 2.75) is 57.5 Å². The summed E-state index contributed by atoms with van der Waals surface area (Å²) >= 11 is 0. The number of carboxylic acids is 1. The number of quaternary nitrogens is 1. The van der Waals surface area contributed by atoms with Crippen LogP contribution in [-0.4, -0.2) is 107 Å². The molecule has 3 atom stereocenters. The number of unbranched alkanes of at least 4 members (excludes halogenated alkanes) is 1. The van der Waals surface area contributed by atoms with Crippen molar-refractivity contribution in [1.29, 1.82) is 0 Å². The van der Waals surface area contributed by atoms with E-state index in [9.17, 15) is 14.7 Å². The molecule has 9 nitrogen and oxygen atoms in total. The van der Waals surface area contributed by atoms with Crippen LogP contribution in [0.15, 0.2) is 36.9 Å². The van der Waals surface area contributed by atoms with Crippen LogP contribution >= 0.6 is 0 Å². The third-order valence-corrected chi connectivity index (χ3v) is 8.15. The number of carbonyl (C=O) groups excluding carboxylic acids is 1. The molecule has 214 valence electrons. The molecular weight excluding hydrogens is 494 g/mol. The van der Waals surface area contributed by atoms with Gasteiger partial charge in [-0.25, -0.2) is 4.98 Å². The lowest BCUT2D eigenvalue weighted by Crippen LogP contribution is -2.45. The summed E-state index contributed by atoms with van der Waals surface area (Å²) in [5, 5.41) is 10.5. The number of fused-ring (bicyclic) bond motifs is 1. The van der Waals surface area contributed by atoms with Gasteiger partial charge < -0.3 is 23.8 Å². The Morgan fingerprint density at radius 1 is 1.21 bits per heavy atom. The maximum atomic E-state index is 13.7. The monoisotopic (exact) mass is 540 g/mol. The van der Waals surface area contributed by atoms with Gasteiger partial charge in [-0.3, -0.25) is 14.5 Å². The summed E-state index contributed by atoms with van der Waals surface area (Å²) in [5.74, 6) is -0.578. The van der Waals surface area contributed by atoms with Crippen molar-refractivity contribution in [2.75, 3.05) is 60.5 Å². The van der Waals surface area contributed by atoms with Gasteiger partial charge in [-0.1, -0.05) is 25.5 Å². The minimum absolute atomic E-state index is 0.102. The molecule has 0 unspecified atom stereocenters. The number of rotatable bonds is 14. The lowest BCUT2D eigenvalue weighted by Gasteiger charge is -2.31. The summed E-state index contributed by atoms with van der Waals surface area (Å²) in [5.41, 5.74) is 2.17. The van der Waals surface area contributed by atoms with Crippen molar-refractivity contribution >= 4 is 11.9 Å². The second-order valence-electron chi connectivity index (χ2n) is 12.1. The van der Waals surface area contributed by atoms with Gasteiger partial charge in [-0.05, 0) is 30.0 Å². The number of aryl methyl sites for hydroxylation is 1. The van der Waals surface area contributed by atoms with Gasteiger partial charge >= 0.3 is 5.97 Å². The smallest absolute Gasteiger partial charge is 0.308 e. The Bertz CT molecular complexity index is 1100. The largest absolute Gasteiger partial charge is 0.493 e. The predicted molar refractivity (Wildman–Crippen MR) is 151 cm³/mol. The number of aliphatic carboxylic acids is 1. The van der Waals surface area contributed by atoms with E-state index in [0.717, 1.165) is 66.7 Å². The Balaban J connectivity index is 1.55. The van der Waals surface area contributed by atoms with E-state index in [0.29, 0.717) is 26.1 Å². The Labute approximate surface area is 232 Å². The van der Waals surface area contributed by atoms with Crippen LogP contribution < -0.4 is 4.74 Å². The number of hydrogen-bond acceptors (Lipinski definition) is 5. The van der Waals surface area contributed by atoms with Gasteiger partial charge in [0, 0.05) is 63.4 Å². The number of likely N-dealkylation sites (tertiary alicyclic amines) is 1. The highest BCUT2D eigenvalue weighted by Crippen LogP contribution is 2.41. The van der Waals surface area contributed by atoms with Gasteiger partial charge in [0.2, 0.25) is 5.91 Å². The van der Waals surface area contributed by atoms with Crippen LogP contribution in [0.4, 0.5) is 0 Å². The van der Waals surface area contributed by atoms with E-state index in [1.807, 2.05) is 27.8 Å². The minimum atomic E-state index is -0.798. The molecule has 0 bridgehead atoms. The molecule has 0 aliphatic carbocycles. The molecule has 0 spiro atoms. The second kappa shape index (κ2) is 13.0. The van der Waals surface area contributed by atoms with Crippen molar-refractivity contribution in [1.82, 2.24) is 19.4 Å². The van der Waals surface area contributed by atoms with E-state index < -0.39 is 11.9 Å². The number of amides is 1. The molecule has 2 aliphatic rings. The lowest BCUT2D eigenvalue weighted by molar-refractivity contribution is -0.870. The number of benzene rings is 1. The van der Waals surface area contributed by atoms with Crippen molar-refractivity contribution < 1.29 is 23.9 Å². The Morgan fingerprint density at radius 3 is 2.69 bits per heavy atom. The molecule has 0 radical (unpaired) electrons. The molecule has 1 aromatic heterocycles. The van der Waals surface area contributed by atoms with Crippen LogP contribution in [0.1, 0.15) is 49.7 Å². The summed E-state index contributed by atoms with van der Waals surface area (Å²) < 4.78 is 8.54. The van der Waals surface area contributed by atoms with Gasteiger partial charge in [0.15, 0.2) is 0 Å². The van der Waals surface area contributed by atoms with Crippen molar-refractivity contribution in [3.8, 4) is 5.75 Å². The summed E-state index contributed by atoms with van der Waals surface area (Å²) in [6.07, 6.45) is 9.83. The number of hydrogen-bond donors (Lipinski definition) is 1. The third-order valence-electron chi connectivity index (χ3n) is 8.15. The first-order valence-corrected chi connectivity index (χ1v) is 14.4. The number of nitrogens with zero attached hydrogens (tertiary/aromatic N) is 5. The zero-order valence-corrected chi connectivity index (χ0v) is 24.1. The number of ether oxygens (including phenoxy) is 1. The maximum absolute atomic E-state index is 13.7. The molecule has 1 fully saturated rings. The highest BCUT2D eigenvalue weighted by Gasteiger charge is 2.47. The summed E-state index contributed by atoms with van der Waals surface area (Å²) in [7, 11) is 6.51. The predicted octanol–water partition coefficient (Wildman–Crippen LogP) is 3.10. The van der Waals surface area contributed by atoms with E-state index in [1.165, 1.54) is 0 Å². The molecule has 39 heavy (non-hydrogen) atoms. The number of carbonyl (C=O) groups is 2. The fourth-order valence-corrected chi connectivity index (χ4v) is 6.05. The SMILES string of the molecule is CCCCN(CCC[N+](C)(C)C)C(=O)CN1C[C@H](c2ccc3c(c2)CCO3)[C@@H](C(=O)O)[C@@H]1CCn1ccnc1. The molecule has 2 aliphatic heterocycles. The maximum Gasteiger partial charge on any atom is 0.308 e. The normalized spacial score (nSPS) is 21.1. The van der Waals surface area contributed by atoms with E-state index >= 15 is 0 Å². The second-order valence-corrected chi connectivity index (χ2v) is 12.1. The average molecular weight is 541 g/mol.